The van der Waals surface area contributed by atoms with E-state index in [0.29, 0.717) is 29.4 Å². The fraction of sp³-hybridized carbons (Fsp3) is 0.182. The predicted octanol–water partition coefficient (Wildman–Crippen LogP) is 0.944. The van der Waals surface area contributed by atoms with Crippen molar-refractivity contribution < 1.29 is 4.79 Å². The summed E-state index contributed by atoms with van der Waals surface area (Å²) < 4.78 is 1.64. The zero-order valence-corrected chi connectivity index (χ0v) is 10.3. The summed E-state index contributed by atoms with van der Waals surface area (Å²) in [6.45, 7) is 1.03. The molecular weight excluding hydrogens is 254 g/mol. The van der Waals surface area contributed by atoms with Crippen LogP contribution in [0.4, 0.5) is 5.69 Å². The lowest BCUT2D eigenvalue weighted by Gasteiger charge is -2.06. The number of hydrogen-bond donors (Lipinski definition) is 2. The van der Waals surface area contributed by atoms with Gasteiger partial charge in [-0.3, -0.25) is 9.48 Å². The molecule has 0 aliphatic heterocycles. The van der Waals surface area contributed by atoms with E-state index >= 15 is 0 Å². The van der Waals surface area contributed by atoms with Gasteiger partial charge < -0.3 is 11.1 Å². The first-order chi connectivity index (χ1) is 8.66. The van der Waals surface area contributed by atoms with Gasteiger partial charge in [-0.1, -0.05) is 16.8 Å². The van der Waals surface area contributed by atoms with E-state index in [-0.39, 0.29) is 5.91 Å². The number of nitrogens with one attached hydrogen (secondary N) is 1. The van der Waals surface area contributed by atoms with E-state index in [0.717, 1.165) is 0 Å². The lowest BCUT2D eigenvalue weighted by atomic mass is 10.2. The number of nitrogens with two attached hydrogens (primary N) is 1. The lowest BCUT2D eigenvalue weighted by molar-refractivity contribution is 0.0952. The highest BCUT2D eigenvalue weighted by Gasteiger charge is 2.06. The van der Waals surface area contributed by atoms with Crippen molar-refractivity contribution in [3.63, 3.8) is 0 Å². The number of anilines is 1. The minimum atomic E-state index is -0.197. The van der Waals surface area contributed by atoms with Gasteiger partial charge in [0.1, 0.15) is 0 Å². The van der Waals surface area contributed by atoms with Gasteiger partial charge in [-0.25, -0.2) is 0 Å². The third kappa shape index (κ3) is 2.98. The van der Waals surface area contributed by atoms with Crippen molar-refractivity contribution in [2.45, 2.75) is 6.54 Å². The van der Waals surface area contributed by atoms with Crippen molar-refractivity contribution in [2.24, 2.45) is 0 Å². The molecule has 0 saturated heterocycles. The Morgan fingerprint density at radius 1 is 1.50 bits per heavy atom. The van der Waals surface area contributed by atoms with Crippen LogP contribution < -0.4 is 11.1 Å². The van der Waals surface area contributed by atoms with E-state index in [1.54, 1.807) is 35.3 Å². The molecular formula is C11H12ClN5O. The summed E-state index contributed by atoms with van der Waals surface area (Å²) in [7, 11) is 0. The van der Waals surface area contributed by atoms with Crippen LogP contribution in [0.15, 0.2) is 30.6 Å². The van der Waals surface area contributed by atoms with E-state index in [2.05, 4.69) is 15.6 Å². The number of benzene rings is 1. The van der Waals surface area contributed by atoms with Gasteiger partial charge in [0.15, 0.2) is 0 Å². The van der Waals surface area contributed by atoms with Crippen molar-refractivity contribution in [1.82, 2.24) is 20.3 Å². The topological polar surface area (TPSA) is 85.8 Å². The Kier molecular flexibility index (Phi) is 3.78. The van der Waals surface area contributed by atoms with Gasteiger partial charge >= 0.3 is 0 Å². The molecule has 1 heterocycles. The maximum absolute atomic E-state index is 11.8. The van der Waals surface area contributed by atoms with E-state index in [9.17, 15) is 4.79 Å². The average molecular weight is 266 g/mol. The predicted molar refractivity (Wildman–Crippen MR) is 68.2 cm³/mol. The number of rotatable bonds is 4. The molecule has 0 bridgehead atoms. The Morgan fingerprint density at radius 3 is 3.00 bits per heavy atom. The summed E-state index contributed by atoms with van der Waals surface area (Å²) in [4.78, 5) is 11.8. The SMILES string of the molecule is Nc1ccc(C(=O)NCCn2ccnn2)cc1Cl. The first-order valence-corrected chi connectivity index (χ1v) is 5.72. The molecule has 2 aromatic rings. The molecule has 0 unspecified atom stereocenters. The molecule has 6 nitrogen and oxygen atoms in total. The van der Waals surface area contributed by atoms with Gasteiger partial charge in [-0.05, 0) is 18.2 Å². The van der Waals surface area contributed by atoms with Gasteiger partial charge in [-0.2, -0.15) is 0 Å². The number of nitrogens with zero attached hydrogens (tertiary/aromatic N) is 3. The molecule has 2 rings (SSSR count). The molecule has 0 aliphatic rings. The fourth-order valence-electron chi connectivity index (χ4n) is 1.41. The van der Waals surface area contributed by atoms with Crippen LogP contribution in [0, 0.1) is 0 Å². The highest BCUT2D eigenvalue weighted by molar-refractivity contribution is 6.33. The number of carbonyl (C=O) groups is 1. The second-order valence-electron chi connectivity index (χ2n) is 3.66. The van der Waals surface area contributed by atoms with E-state index in [1.807, 2.05) is 0 Å². The zero-order chi connectivity index (χ0) is 13.0. The van der Waals surface area contributed by atoms with Crippen LogP contribution in [0.25, 0.3) is 0 Å². The van der Waals surface area contributed by atoms with Gasteiger partial charge in [0.05, 0.1) is 23.5 Å². The van der Waals surface area contributed by atoms with Crippen LogP contribution in [-0.2, 0) is 6.54 Å². The Labute approximate surface area is 109 Å². The molecule has 18 heavy (non-hydrogen) atoms. The van der Waals surface area contributed by atoms with Crippen molar-refractivity contribution in [2.75, 3.05) is 12.3 Å². The van der Waals surface area contributed by atoms with Crippen LogP contribution in [0.1, 0.15) is 10.4 Å². The highest BCUT2D eigenvalue weighted by Crippen LogP contribution is 2.19. The summed E-state index contributed by atoms with van der Waals surface area (Å²) in [6, 6.07) is 4.78. The number of amides is 1. The molecule has 94 valence electrons. The van der Waals surface area contributed by atoms with Crippen molar-refractivity contribution in [3.05, 3.63) is 41.2 Å². The van der Waals surface area contributed by atoms with Crippen molar-refractivity contribution in [3.8, 4) is 0 Å². The molecule has 1 aromatic carbocycles. The minimum Gasteiger partial charge on any atom is -0.398 e. The standard InChI is InChI=1S/C11H12ClN5O/c12-9-7-8(1-2-10(9)13)11(18)14-3-5-17-6-4-15-16-17/h1-2,4,6-7H,3,5,13H2,(H,14,18). The molecule has 0 spiro atoms. The number of carbonyl (C=O) groups excluding carboxylic acids is 1. The zero-order valence-electron chi connectivity index (χ0n) is 9.51. The van der Waals surface area contributed by atoms with Gasteiger partial charge in [0.25, 0.3) is 5.91 Å². The van der Waals surface area contributed by atoms with Crippen LogP contribution in [0.3, 0.4) is 0 Å². The number of nitrogen functional groups attached to an aromatic ring is 1. The van der Waals surface area contributed by atoms with E-state index in [1.165, 1.54) is 0 Å². The molecule has 0 radical (unpaired) electrons. The van der Waals surface area contributed by atoms with Crippen LogP contribution >= 0.6 is 11.6 Å². The maximum atomic E-state index is 11.8. The summed E-state index contributed by atoms with van der Waals surface area (Å²) >= 11 is 5.85. The highest BCUT2D eigenvalue weighted by atomic mass is 35.5. The Bertz CT molecular complexity index is 540. The van der Waals surface area contributed by atoms with Crippen molar-refractivity contribution in [1.29, 1.82) is 0 Å². The summed E-state index contributed by atoms with van der Waals surface area (Å²) in [5.74, 6) is -0.197. The minimum absolute atomic E-state index is 0.197. The summed E-state index contributed by atoms with van der Waals surface area (Å²) in [6.07, 6.45) is 3.31. The van der Waals surface area contributed by atoms with Gasteiger partial charge in [0, 0.05) is 18.3 Å². The molecule has 1 amide bonds. The maximum Gasteiger partial charge on any atom is 0.251 e. The normalized spacial score (nSPS) is 10.3. The molecule has 1 aromatic heterocycles. The average Bonchev–Trinajstić information content (AvgIpc) is 2.85. The largest absolute Gasteiger partial charge is 0.398 e. The van der Waals surface area contributed by atoms with Crippen LogP contribution in [0.5, 0.6) is 0 Å². The monoisotopic (exact) mass is 265 g/mol. The van der Waals surface area contributed by atoms with E-state index in [4.69, 9.17) is 17.3 Å². The van der Waals surface area contributed by atoms with Crippen LogP contribution in [-0.4, -0.2) is 27.4 Å². The fourth-order valence-corrected chi connectivity index (χ4v) is 1.59. The molecule has 7 heteroatoms. The Hall–Kier alpha value is -2.08. The second kappa shape index (κ2) is 5.50. The molecule has 0 atom stereocenters. The first-order valence-electron chi connectivity index (χ1n) is 5.34. The van der Waals surface area contributed by atoms with Gasteiger partial charge in [0.2, 0.25) is 0 Å². The quantitative estimate of drug-likeness (QED) is 0.806. The first kappa shape index (κ1) is 12.4. The van der Waals surface area contributed by atoms with Crippen molar-refractivity contribution >= 4 is 23.2 Å². The Morgan fingerprint density at radius 2 is 2.33 bits per heavy atom. The van der Waals surface area contributed by atoms with Gasteiger partial charge in [-0.15, -0.1) is 5.10 Å². The Balaban J connectivity index is 1.89. The third-order valence-electron chi connectivity index (χ3n) is 2.36. The third-order valence-corrected chi connectivity index (χ3v) is 2.69. The van der Waals surface area contributed by atoms with E-state index < -0.39 is 0 Å². The number of aromatic nitrogens is 3. The number of hydrogen-bond acceptors (Lipinski definition) is 4. The molecule has 0 fully saturated rings. The summed E-state index contributed by atoms with van der Waals surface area (Å²) in [5, 5.41) is 10.6. The smallest absolute Gasteiger partial charge is 0.251 e. The summed E-state index contributed by atoms with van der Waals surface area (Å²) in [5.41, 5.74) is 6.50. The lowest BCUT2D eigenvalue weighted by Crippen LogP contribution is -2.27. The number of halogens is 1. The molecule has 0 aliphatic carbocycles. The second-order valence-corrected chi connectivity index (χ2v) is 4.07. The van der Waals surface area contributed by atoms with Crippen LogP contribution in [0.2, 0.25) is 5.02 Å². The molecule has 3 N–H and O–H groups in total. The molecule has 0 saturated carbocycles.